The fourth-order valence-corrected chi connectivity index (χ4v) is 4.29. The third-order valence-electron chi connectivity index (χ3n) is 6.29. The normalized spacial score (nSPS) is 13.3. The zero-order valence-corrected chi connectivity index (χ0v) is 20.6. The van der Waals surface area contributed by atoms with Gasteiger partial charge in [-0.1, -0.05) is 54.3 Å². The minimum absolute atomic E-state index is 0.0456. The molecule has 2 heterocycles. The summed E-state index contributed by atoms with van der Waals surface area (Å²) in [6.07, 6.45) is 0.596. The number of hydrogen-bond acceptors (Lipinski definition) is 5. The van der Waals surface area contributed by atoms with Gasteiger partial charge in [-0.15, -0.1) is 0 Å². The number of hydrogen-bond donors (Lipinski definition) is 2. The van der Waals surface area contributed by atoms with Crippen molar-refractivity contribution in [2.75, 3.05) is 18.7 Å². The lowest BCUT2D eigenvalue weighted by Crippen LogP contribution is -2.33. The van der Waals surface area contributed by atoms with Crippen LogP contribution in [0.4, 0.5) is 5.69 Å². The van der Waals surface area contributed by atoms with Gasteiger partial charge in [0.05, 0.1) is 6.54 Å². The van der Waals surface area contributed by atoms with E-state index in [1.54, 1.807) is 6.07 Å². The average molecular weight is 493 g/mol. The minimum atomic E-state index is -0.278. The number of nitrogens with one attached hydrogen (secondary N) is 2. The van der Waals surface area contributed by atoms with E-state index in [4.69, 9.17) is 13.9 Å². The predicted octanol–water partition coefficient (Wildman–Crippen LogP) is 5.62. The van der Waals surface area contributed by atoms with E-state index in [1.807, 2.05) is 78.9 Å². The molecule has 1 aliphatic rings. The van der Waals surface area contributed by atoms with Crippen LogP contribution in [0.2, 0.25) is 0 Å². The summed E-state index contributed by atoms with van der Waals surface area (Å²) in [5, 5.41) is 6.40. The monoisotopic (exact) mass is 492 g/mol. The predicted molar refractivity (Wildman–Crippen MR) is 143 cm³/mol. The smallest absolute Gasteiger partial charge is 0.291 e. The lowest BCUT2D eigenvalue weighted by atomic mass is 9.88. The quantitative estimate of drug-likeness (QED) is 0.313. The Labute approximate surface area is 216 Å². The molecule has 0 fully saturated rings. The summed E-state index contributed by atoms with van der Waals surface area (Å²) in [5.74, 6) is 8.64. The minimum Gasteiger partial charge on any atom is -0.456 e. The Morgan fingerprint density at radius 2 is 1.68 bits per heavy atom. The maximum absolute atomic E-state index is 12.7. The largest absolute Gasteiger partial charge is 0.456 e. The number of ether oxygens (including phenoxy) is 2. The van der Waals surface area contributed by atoms with Gasteiger partial charge < -0.3 is 24.5 Å². The second-order valence-corrected chi connectivity index (χ2v) is 8.85. The second-order valence-electron chi connectivity index (χ2n) is 8.85. The number of furan rings is 1. The molecule has 1 aromatic heterocycles. The summed E-state index contributed by atoms with van der Waals surface area (Å²) in [7, 11) is 0. The number of carbonyl (C=O) groups excluding carboxylic acids is 1. The van der Waals surface area contributed by atoms with Crippen molar-refractivity contribution in [1.29, 1.82) is 0 Å². The second kappa shape index (κ2) is 11.5. The first-order valence-corrected chi connectivity index (χ1v) is 12.3. The highest BCUT2D eigenvalue weighted by atomic mass is 16.7. The molecule has 6 heteroatoms. The van der Waals surface area contributed by atoms with Gasteiger partial charge in [0, 0.05) is 29.6 Å². The number of benzene rings is 3. The molecular formula is C31H28N2O4. The lowest BCUT2D eigenvalue weighted by Gasteiger charge is -2.24. The third kappa shape index (κ3) is 6.21. The van der Waals surface area contributed by atoms with E-state index in [0.29, 0.717) is 13.0 Å². The van der Waals surface area contributed by atoms with Crippen molar-refractivity contribution in [1.82, 2.24) is 5.32 Å². The molecule has 1 amide bonds. The Hall–Kier alpha value is -4.47. The molecule has 0 unspecified atom stereocenters. The summed E-state index contributed by atoms with van der Waals surface area (Å²) >= 11 is 0. The van der Waals surface area contributed by atoms with E-state index < -0.39 is 0 Å². The van der Waals surface area contributed by atoms with E-state index in [0.717, 1.165) is 34.1 Å². The van der Waals surface area contributed by atoms with Gasteiger partial charge in [-0.3, -0.25) is 4.79 Å². The SMILES string of the molecule is C[C@@H](NCC#Cc1ccccc1)[C@H](Cc1ccc(C(=O)Nc2ccccc2)o1)c1ccc2c(c1)OCO2. The van der Waals surface area contributed by atoms with E-state index in [9.17, 15) is 4.79 Å². The molecule has 1 aliphatic heterocycles. The fourth-order valence-electron chi connectivity index (χ4n) is 4.29. The van der Waals surface area contributed by atoms with Gasteiger partial charge in [-0.05, 0) is 61.0 Å². The van der Waals surface area contributed by atoms with E-state index in [-0.39, 0.29) is 30.4 Å². The van der Waals surface area contributed by atoms with Gasteiger partial charge >= 0.3 is 0 Å². The average Bonchev–Trinajstić information content (AvgIpc) is 3.60. The van der Waals surface area contributed by atoms with Crippen molar-refractivity contribution in [3.05, 3.63) is 114 Å². The molecule has 186 valence electrons. The fraction of sp³-hybridized carbons (Fsp3) is 0.194. The first-order chi connectivity index (χ1) is 18.2. The molecule has 2 N–H and O–H groups in total. The van der Waals surface area contributed by atoms with Crippen LogP contribution in [0.15, 0.2) is 95.4 Å². The van der Waals surface area contributed by atoms with Gasteiger partial charge in [0.25, 0.3) is 5.91 Å². The molecule has 0 saturated heterocycles. The van der Waals surface area contributed by atoms with Crippen molar-refractivity contribution in [2.24, 2.45) is 0 Å². The number of fused-ring (bicyclic) bond motifs is 1. The van der Waals surface area contributed by atoms with E-state index in [2.05, 4.69) is 35.5 Å². The van der Waals surface area contributed by atoms with Crippen molar-refractivity contribution >= 4 is 11.6 Å². The van der Waals surface area contributed by atoms with Gasteiger partial charge in [-0.2, -0.15) is 0 Å². The first kappa shape index (κ1) is 24.2. The van der Waals surface area contributed by atoms with Crippen molar-refractivity contribution < 1.29 is 18.7 Å². The molecule has 4 aromatic rings. The summed E-state index contributed by atoms with van der Waals surface area (Å²) < 4.78 is 17.1. The van der Waals surface area contributed by atoms with E-state index >= 15 is 0 Å². The van der Waals surface area contributed by atoms with Crippen LogP contribution in [0.3, 0.4) is 0 Å². The summed E-state index contributed by atoms with van der Waals surface area (Å²) in [4.78, 5) is 12.7. The molecule has 0 aliphatic carbocycles. The molecule has 0 saturated carbocycles. The maximum Gasteiger partial charge on any atom is 0.291 e. The number of amides is 1. The van der Waals surface area contributed by atoms with Crippen LogP contribution in [0.5, 0.6) is 11.5 Å². The zero-order valence-electron chi connectivity index (χ0n) is 20.6. The Bertz CT molecular complexity index is 1400. The molecule has 0 radical (unpaired) electrons. The van der Waals surface area contributed by atoms with Crippen LogP contribution < -0.4 is 20.1 Å². The Morgan fingerprint density at radius 1 is 0.919 bits per heavy atom. The first-order valence-electron chi connectivity index (χ1n) is 12.3. The highest BCUT2D eigenvalue weighted by molar-refractivity contribution is 6.02. The van der Waals surface area contributed by atoms with Crippen LogP contribution in [0.1, 0.15) is 40.3 Å². The standard InChI is InChI=1S/C31H28N2O4/c1-22(32-18-8-11-23-9-4-2-5-10-23)27(24-14-16-28-30(19-24)36-21-35-28)20-26-15-17-29(37-26)31(34)33-25-12-6-3-7-13-25/h2-7,9-10,12-17,19,22,27,32H,18,20-21H2,1H3,(H,33,34)/t22-,27+/m1/s1. The maximum atomic E-state index is 12.7. The molecule has 37 heavy (non-hydrogen) atoms. The molecule has 3 aromatic carbocycles. The third-order valence-corrected chi connectivity index (χ3v) is 6.29. The lowest BCUT2D eigenvalue weighted by molar-refractivity contribution is 0.0994. The van der Waals surface area contributed by atoms with Crippen LogP contribution in [0, 0.1) is 11.8 Å². The zero-order chi connectivity index (χ0) is 25.5. The molecular weight excluding hydrogens is 464 g/mol. The highest BCUT2D eigenvalue weighted by Crippen LogP contribution is 2.36. The topological polar surface area (TPSA) is 72.7 Å². The van der Waals surface area contributed by atoms with Crippen LogP contribution in [0.25, 0.3) is 0 Å². The summed E-state index contributed by atoms with van der Waals surface area (Å²) in [5.41, 5.74) is 2.80. The summed E-state index contributed by atoms with van der Waals surface area (Å²) in [6.45, 7) is 2.90. The van der Waals surface area contributed by atoms with Crippen LogP contribution in [-0.4, -0.2) is 25.3 Å². The number of carbonyl (C=O) groups is 1. The summed E-state index contributed by atoms with van der Waals surface area (Å²) in [6, 6.07) is 28.9. The van der Waals surface area contributed by atoms with Gasteiger partial charge in [-0.25, -0.2) is 0 Å². The molecule has 0 bridgehead atoms. The molecule has 6 nitrogen and oxygen atoms in total. The van der Waals surface area contributed by atoms with Gasteiger partial charge in [0.2, 0.25) is 6.79 Å². The Morgan fingerprint density at radius 3 is 2.49 bits per heavy atom. The highest BCUT2D eigenvalue weighted by Gasteiger charge is 2.24. The van der Waals surface area contributed by atoms with Crippen molar-refractivity contribution in [2.45, 2.75) is 25.3 Å². The molecule has 5 rings (SSSR count). The van der Waals surface area contributed by atoms with Crippen LogP contribution >= 0.6 is 0 Å². The van der Waals surface area contributed by atoms with E-state index in [1.165, 1.54) is 0 Å². The molecule has 2 atom stereocenters. The number of rotatable bonds is 8. The van der Waals surface area contributed by atoms with Crippen molar-refractivity contribution in [3.8, 4) is 23.3 Å². The van der Waals surface area contributed by atoms with Crippen LogP contribution in [-0.2, 0) is 6.42 Å². The van der Waals surface area contributed by atoms with Crippen molar-refractivity contribution in [3.63, 3.8) is 0 Å². The molecule has 0 spiro atoms. The Balaban J connectivity index is 1.30. The van der Waals surface area contributed by atoms with Gasteiger partial charge in [0.1, 0.15) is 5.76 Å². The van der Waals surface area contributed by atoms with Gasteiger partial charge in [0.15, 0.2) is 17.3 Å². The number of anilines is 1. The number of para-hydroxylation sites is 1. The Kier molecular flexibility index (Phi) is 7.54.